The second-order valence-corrected chi connectivity index (χ2v) is 4.10. The van der Waals surface area contributed by atoms with E-state index in [1.54, 1.807) is 0 Å². The Morgan fingerprint density at radius 3 is 2.20 bits per heavy atom. The van der Waals surface area contributed by atoms with Crippen molar-refractivity contribution in [3.63, 3.8) is 0 Å². The Morgan fingerprint density at radius 2 is 2.00 bits per heavy atom. The zero-order valence-corrected chi connectivity index (χ0v) is 7.09. The maximum absolute atomic E-state index is 2.49. The number of hydrogen-bond acceptors (Lipinski definition) is 2. The molecular weight excluding hydrogens is 124 g/mol. The molecule has 0 atom stereocenters. The predicted molar refractivity (Wildman–Crippen MR) is 42.1 cm³/mol. The second-order valence-electron chi connectivity index (χ2n) is 4.10. The first-order valence-corrected chi connectivity index (χ1v) is 4.02. The molecule has 0 unspecified atom stereocenters. The number of rotatable bonds is 1. The monoisotopic (exact) mass is 140 g/mol. The van der Waals surface area contributed by atoms with Crippen LogP contribution in [0.3, 0.4) is 0 Å². The smallest absolute Gasteiger partial charge is 0.0360 e. The molecular formula is C8H16N2. The van der Waals surface area contributed by atoms with Crippen LogP contribution in [-0.2, 0) is 0 Å². The van der Waals surface area contributed by atoms with Crippen LogP contribution in [0.5, 0.6) is 0 Å². The molecule has 10 heavy (non-hydrogen) atoms. The Bertz CT molecular complexity index is 147. The molecule has 1 aliphatic carbocycles. The van der Waals surface area contributed by atoms with Crippen LogP contribution < -0.4 is 0 Å². The highest BCUT2D eigenvalue weighted by molar-refractivity contribution is 5.13. The van der Waals surface area contributed by atoms with Crippen LogP contribution in [0.2, 0.25) is 0 Å². The summed E-state index contributed by atoms with van der Waals surface area (Å²) in [7, 11) is 6.65. The van der Waals surface area contributed by atoms with Crippen LogP contribution in [0.25, 0.3) is 0 Å². The van der Waals surface area contributed by atoms with E-state index in [0.29, 0.717) is 5.54 Å². The third-order valence-corrected chi connectivity index (χ3v) is 3.35. The number of likely N-dealkylation sites (N-methyl/N-ethyl adjacent to an activating group) is 2. The molecule has 58 valence electrons. The molecule has 2 bridgehead atoms. The van der Waals surface area contributed by atoms with E-state index in [4.69, 9.17) is 0 Å². The highest BCUT2D eigenvalue weighted by atomic mass is 15.3. The minimum absolute atomic E-state index is 0.569. The molecule has 0 amide bonds. The molecule has 2 saturated heterocycles. The molecule has 2 heteroatoms. The summed E-state index contributed by atoms with van der Waals surface area (Å²) in [6.45, 7) is 1.28. The summed E-state index contributed by atoms with van der Waals surface area (Å²) in [5.41, 5.74) is 0.569. The van der Waals surface area contributed by atoms with Crippen molar-refractivity contribution in [1.29, 1.82) is 0 Å². The van der Waals surface area contributed by atoms with Crippen LogP contribution in [-0.4, -0.2) is 49.1 Å². The van der Waals surface area contributed by atoms with Crippen LogP contribution in [0.15, 0.2) is 0 Å². The SMILES string of the molecule is CN1CC2(N(C)C)CC1C2. The Balaban J connectivity index is 2.11. The maximum atomic E-state index is 2.49. The Hall–Kier alpha value is -0.0800. The number of nitrogens with zero attached hydrogens (tertiary/aromatic N) is 2. The van der Waals surface area contributed by atoms with Crippen molar-refractivity contribution in [2.45, 2.75) is 24.4 Å². The van der Waals surface area contributed by atoms with Crippen molar-refractivity contribution in [3.05, 3.63) is 0 Å². The lowest BCUT2D eigenvalue weighted by Gasteiger charge is -2.42. The molecule has 0 spiro atoms. The predicted octanol–water partition coefficient (Wildman–Crippen LogP) is 0.395. The minimum atomic E-state index is 0.569. The zero-order valence-electron chi connectivity index (χ0n) is 7.09. The van der Waals surface area contributed by atoms with E-state index < -0.39 is 0 Å². The lowest BCUT2D eigenvalue weighted by atomic mass is 9.77. The molecule has 0 radical (unpaired) electrons. The van der Waals surface area contributed by atoms with E-state index in [-0.39, 0.29) is 0 Å². The highest BCUT2D eigenvalue weighted by Gasteiger charge is 2.54. The first kappa shape index (κ1) is 6.62. The van der Waals surface area contributed by atoms with Gasteiger partial charge in [0.15, 0.2) is 0 Å². The normalized spacial score (nSPS) is 46.2. The second kappa shape index (κ2) is 1.74. The Labute approximate surface area is 62.8 Å². The van der Waals surface area contributed by atoms with Crippen LogP contribution >= 0.6 is 0 Å². The summed E-state index contributed by atoms with van der Waals surface area (Å²) >= 11 is 0. The standard InChI is InChI=1S/C8H16N2/c1-9(2)8-4-7(5-8)10(3)6-8/h7H,4-6H2,1-3H3. The van der Waals surface area contributed by atoms with E-state index in [9.17, 15) is 0 Å². The zero-order chi connectivity index (χ0) is 7.35. The Kier molecular flexibility index (Phi) is 1.15. The fraction of sp³-hybridized carbons (Fsp3) is 1.00. The highest BCUT2D eigenvalue weighted by Crippen LogP contribution is 2.46. The van der Waals surface area contributed by atoms with Crippen molar-refractivity contribution < 1.29 is 0 Å². The average molecular weight is 140 g/mol. The van der Waals surface area contributed by atoms with Gasteiger partial charge in [-0.05, 0) is 34.0 Å². The third kappa shape index (κ3) is 0.611. The fourth-order valence-electron chi connectivity index (χ4n) is 2.36. The van der Waals surface area contributed by atoms with Gasteiger partial charge in [-0.15, -0.1) is 0 Å². The summed E-state index contributed by atoms with van der Waals surface area (Å²) in [5, 5.41) is 0. The van der Waals surface area contributed by atoms with Crippen LogP contribution in [0, 0.1) is 0 Å². The largest absolute Gasteiger partial charge is 0.302 e. The van der Waals surface area contributed by atoms with E-state index in [1.807, 2.05) is 0 Å². The number of hydrogen-bond donors (Lipinski definition) is 0. The minimum Gasteiger partial charge on any atom is -0.302 e. The van der Waals surface area contributed by atoms with Gasteiger partial charge in [0.1, 0.15) is 0 Å². The van der Waals surface area contributed by atoms with Crippen molar-refractivity contribution in [3.8, 4) is 0 Å². The molecule has 0 N–H and O–H groups in total. The van der Waals surface area contributed by atoms with Gasteiger partial charge in [0.2, 0.25) is 0 Å². The maximum Gasteiger partial charge on any atom is 0.0360 e. The average Bonchev–Trinajstić information content (AvgIpc) is 2.16. The van der Waals surface area contributed by atoms with Gasteiger partial charge in [-0.1, -0.05) is 0 Å². The molecule has 3 fully saturated rings. The molecule has 0 aromatic heterocycles. The molecule has 3 rings (SSSR count). The molecule has 0 aromatic carbocycles. The number of fused-ring (bicyclic) bond motifs is 1. The topological polar surface area (TPSA) is 6.48 Å². The molecule has 0 aromatic rings. The fourth-order valence-corrected chi connectivity index (χ4v) is 2.36. The molecule has 2 heterocycles. The lowest BCUT2D eigenvalue weighted by Crippen LogP contribution is -2.51. The van der Waals surface area contributed by atoms with Gasteiger partial charge in [-0.2, -0.15) is 0 Å². The summed E-state index contributed by atoms with van der Waals surface area (Å²) in [4.78, 5) is 4.88. The van der Waals surface area contributed by atoms with Gasteiger partial charge < -0.3 is 9.80 Å². The van der Waals surface area contributed by atoms with Gasteiger partial charge in [-0.25, -0.2) is 0 Å². The first-order chi connectivity index (χ1) is 4.64. The van der Waals surface area contributed by atoms with Crippen LogP contribution in [0.4, 0.5) is 0 Å². The van der Waals surface area contributed by atoms with Crippen molar-refractivity contribution in [2.75, 3.05) is 27.7 Å². The quantitative estimate of drug-likeness (QED) is 0.520. The van der Waals surface area contributed by atoms with Crippen molar-refractivity contribution in [2.24, 2.45) is 0 Å². The summed E-state index contributed by atoms with van der Waals surface area (Å²) in [5.74, 6) is 0. The summed E-state index contributed by atoms with van der Waals surface area (Å²) in [6, 6.07) is 0.905. The van der Waals surface area contributed by atoms with E-state index in [1.165, 1.54) is 19.4 Å². The lowest BCUT2D eigenvalue weighted by molar-refractivity contribution is 0.103. The van der Waals surface area contributed by atoms with Crippen molar-refractivity contribution in [1.82, 2.24) is 9.80 Å². The van der Waals surface area contributed by atoms with E-state index in [0.717, 1.165) is 6.04 Å². The molecule has 2 aliphatic heterocycles. The van der Waals surface area contributed by atoms with E-state index >= 15 is 0 Å². The molecule has 3 aliphatic rings. The van der Waals surface area contributed by atoms with E-state index in [2.05, 4.69) is 30.9 Å². The molecule has 1 saturated carbocycles. The summed E-state index contributed by atoms with van der Waals surface area (Å²) in [6.07, 6.45) is 2.80. The molecule has 2 nitrogen and oxygen atoms in total. The van der Waals surface area contributed by atoms with Gasteiger partial charge in [0.25, 0.3) is 0 Å². The van der Waals surface area contributed by atoms with Gasteiger partial charge >= 0.3 is 0 Å². The van der Waals surface area contributed by atoms with Crippen molar-refractivity contribution >= 4 is 0 Å². The summed E-state index contributed by atoms with van der Waals surface area (Å²) < 4.78 is 0. The van der Waals surface area contributed by atoms with Crippen LogP contribution in [0.1, 0.15) is 12.8 Å². The van der Waals surface area contributed by atoms with Gasteiger partial charge in [0, 0.05) is 18.1 Å². The Morgan fingerprint density at radius 1 is 1.40 bits per heavy atom. The van der Waals surface area contributed by atoms with Gasteiger partial charge in [-0.3, -0.25) is 0 Å². The third-order valence-electron chi connectivity index (χ3n) is 3.35. The first-order valence-electron chi connectivity index (χ1n) is 4.02. The van der Waals surface area contributed by atoms with Gasteiger partial charge in [0.05, 0.1) is 0 Å².